The summed E-state index contributed by atoms with van der Waals surface area (Å²) in [7, 11) is 0. The number of hydrogen-bond donors (Lipinski definition) is 1. The number of alkyl halides is 1. The van der Waals surface area contributed by atoms with E-state index in [-0.39, 0.29) is 23.0 Å². The van der Waals surface area contributed by atoms with Gasteiger partial charge in [-0.05, 0) is 12.1 Å². The Labute approximate surface area is 116 Å². The Morgan fingerprint density at radius 2 is 2.00 bits per heavy atom. The van der Waals surface area contributed by atoms with Gasteiger partial charge in [0, 0.05) is 12.0 Å². The molecule has 0 radical (unpaired) electrons. The van der Waals surface area contributed by atoms with Gasteiger partial charge >= 0.3 is 0 Å². The molecule has 2 aromatic rings. The van der Waals surface area contributed by atoms with Crippen LogP contribution in [0.15, 0.2) is 18.2 Å². The molecule has 1 aromatic carbocycles. The first kappa shape index (κ1) is 13.8. The van der Waals surface area contributed by atoms with Crippen molar-refractivity contribution < 1.29 is 13.6 Å². The molecule has 0 saturated carbocycles. The molecule has 0 spiro atoms. The van der Waals surface area contributed by atoms with E-state index in [1.165, 1.54) is 18.2 Å². The molecule has 0 aliphatic carbocycles. The third kappa shape index (κ3) is 3.45. The minimum atomic E-state index is -0.637. The second-order valence-corrected chi connectivity index (χ2v) is 4.89. The second kappa shape index (κ2) is 6.03. The van der Waals surface area contributed by atoms with Gasteiger partial charge in [-0.2, -0.15) is 0 Å². The van der Waals surface area contributed by atoms with Gasteiger partial charge in [0.15, 0.2) is 0 Å². The van der Waals surface area contributed by atoms with Crippen molar-refractivity contribution in [1.29, 1.82) is 0 Å². The van der Waals surface area contributed by atoms with Crippen molar-refractivity contribution >= 4 is 34.0 Å². The number of carbonyl (C=O) groups excluding carboxylic acids is 1. The zero-order valence-corrected chi connectivity index (χ0v) is 11.1. The predicted molar refractivity (Wildman–Crippen MR) is 68.4 cm³/mol. The lowest BCUT2D eigenvalue weighted by atomic mass is 10.1. The van der Waals surface area contributed by atoms with Crippen LogP contribution in [-0.4, -0.2) is 22.0 Å². The Hall–Kier alpha value is -1.60. The first-order valence-corrected chi connectivity index (χ1v) is 6.56. The van der Waals surface area contributed by atoms with Gasteiger partial charge in [-0.1, -0.05) is 17.4 Å². The fourth-order valence-electron chi connectivity index (χ4n) is 1.38. The summed E-state index contributed by atoms with van der Waals surface area (Å²) in [4.78, 5) is 11.0. The van der Waals surface area contributed by atoms with Crippen LogP contribution in [-0.2, 0) is 11.2 Å². The highest BCUT2D eigenvalue weighted by molar-refractivity contribution is 7.15. The van der Waals surface area contributed by atoms with Crippen molar-refractivity contribution in [1.82, 2.24) is 10.2 Å². The maximum absolute atomic E-state index is 13.4. The summed E-state index contributed by atoms with van der Waals surface area (Å²) >= 11 is 6.37. The standard InChI is InChI=1S/C11H8ClF2N3OS/c12-5-9(18)15-11-17-16-10(19-11)4-6-7(13)2-1-3-8(6)14/h1-3H,4-5H2,(H,15,17,18). The summed E-state index contributed by atoms with van der Waals surface area (Å²) < 4.78 is 26.9. The van der Waals surface area contributed by atoms with Gasteiger partial charge in [0.05, 0.1) is 0 Å². The Kier molecular flexibility index (Phi) is 4.39. The van der Waals surface area contributed by atoms with Crippen LogP contribution in [0.3, 0.4) is 0 Å². The van der Waals surface area contributed by atoms with Crippen LogP contribution < -0.4 is 5.32 Å². The normalized spacial score (nSPS) is 10.5. The van der Waals surface area contributed by atoms with Crippen molar-refractivity contribution in [2.75, 3.05) is 11.2 Å². The molecule has 2 rings (SSSR count). The number of rotatable bonds is 4. The second-order valence-electron chi connectivity index (χ2n) is 3.56. The molecule has 8 heteroatoms. The quantitative estimate of drug-likeness (QED) is 0.883. The summed E-state index contributed by atoms with van der Waals surface area (Å²) in [6, 6.07) is 3.64. The lowest BCUT2D eigenvalue weighted by molar-refractivity contribution is -0.113. The molecule has 19 heavy (non-hydrogen) atoms. The van der Waals surface area contributed by atoms with Crippen LogP contribution in [0, 0.1) is 11.6 Å². The molecule has 0 unspecified atom stereocenters. The fraction of sp³-hybridized carbons (Fsp3) is 0.182. The van der Waals surface area contributed by atoms with Crippen molar-refractivity contribution in [3.8, 4) is 0 Å². The monoisotopic (exact) mass is 303 g/mol. The molecule has 0 aliphatic rings. The Bertz CT molecular complexity index is 585. The average molecular weight is 304 g/mol. The van der Waals surface area contributed by atoms with Gasteiger partial charge in [-0.15, -0.1) is 21.8 Å². The van der Waals surface area contributed by atoms with Gasteiger partial charge in [-0.25, -0.2) is 8.78 Å². The first-order valence-electron chi connectivity index (χ1n) is 5.21. The third-order valence-electron chi connectivity index (χ3n) is 2.22. The van der Waals surface area contributed by atoms with Gasteiger partial charge in [0.25, 0.3) is 0 Å². The van der Waals surface area contributed by atoms with Gasteiger partial charge in [0.2, 0.25) is 11.0 Å². The molecule has 1 N–H and O–H groups in total. The van der Waals surface area contributed by atoms with Crippen molar-refractivity contribution in [3.05, 3.63) is 40.4 Å². The molecule has 1 heterocycles. The van der Waals surface area contributed by atoms with E-state index in [2.05, 4.69) is 15.5 Å². The summed E-state index contributed by atoms with van der Waals surface area (Å²) in [6.07, 6.45) is -0.0209. The lowest BCUT2D eigenvalue weighted by Gasteiger charge is -2.01. The Balaban J connectivity index is 2.14. The molecular weight excluding hydrogens is 296 g/mol. The van der Waals surface area contributed by atoms with Crippen molar-refractivity contribution in [3.63, 3.8) is 0 Å². The van der Waals surface area contributed by atoms with Gasteiger partial charge in [0.1, 0.15) is 22.5 Å². The maximum Gasteiger partial charge on any atom is 0.241 e. The molecule has 0 saturated heterocycles. The van der Waals surface area contributed by atoms with E-state index in [1.54, 1.807) is 0 Å². The highest BCUT2D eigenvalue weighted by Gasteiger charge is 2.13. The van der Waals surface area contributed by atoms with Gasteiger partial charge in [-0.3, -0.25) is 10.1 Å². The summed E-state index contributed by atoms with van der Waals surface area (Å²) in [5.41, 5.74) is -0.0751. The van der Waals surface area contributed by atoms with E-state index in [9.17, 15) is 13.6 Å². The summed E-state index contributed by atoms with van der Waals surface area (Å²) in [5, 5.41) is 10.5. The number of amides is 1. The fourth-order valence-corrected chi connectivity index (χ4v) is 2.22. The van der Waals surface area contributed by atoms with Crippen LogP contribution in [0.1, 0.15) is 10.6 Å². The number of nitrogens with zero attached hydrogens (tertiary/aromatic N) is 2. The average Bonchev–Trinajstić information content (AvgIpc) is 2.81. The smallest absolute Gasteiger partial charge is 0.241 e. The minimum Gasteiger partial charge on any atom is -0.299 e. The minimum absolute atomic E-state index is 0.0209. The molecule has 100 valence electrons. The molecule has 0 bridgehead atoms. The molecule has 0 fully saturated rings. The summed E-state index contributed by atoms with van der Waals surface area (Å²) in [6.45, 7) is 0. The number of halogens is 3. The number of anilines is 1. The van der Waals surface area contributed by atoms with E-state index < -0.39 is 17.5 Å². The molecular formula is C11H8ClF2N3OS. The zero-order valence-electron chi connectivity index (χ0n) is 9.49. The molecule has 0 atom stereocenters. The predicted octanol–water partition coefficient (Wildman–Crippen LogP) is 2.58. The van der Waals surface area contributed by atoms with E-state index in [0.29, 0.717) is 5.01 Å². The van der Waals surface area contributed by atoms with E-state index >= 15 is 0 Å². The zero-order chi connectivity index (χ0) is 13.8. The van der Waals surface area contributed by atoms with Crippen LogP contribution >= 0.6 is 22.9 Å². The molecule has 4 nitrogen and oxygen atoms in total. The van der Waals surface area contributed by atoms with E-state index in [0.717, 1.165) is 11.3 Å². The number of aromatic nitrogens is 2. The number of hydrogen-bond acceptors (Lipinski definition) is 4. The number of carbonyl (C=O) groups is 1. The van der Waals surface area contributed by atoms with E-state index in [1.807, 2.05) is 0 Å². The lowest BCUT2D eigenvalue weighted by Crippen LogP contribution is -2.12. The Morgan fingerprint density at radius 1 is 1.32 bits per heavy atom. The largest absolute Gasteiger partial charge is 0.299 e. The molecule has 1 amide bonds. The van der Waals surface area contributed by atoms with Crippen LogP contribution in [0.25, 0.3) is 0 Å². The Morgan fingerprint density at radius 3 is 2.63 bits per heavy atom. The topological polar surface area (TPSA) is 54.9 Å². The SMILES string of the molecule is O=C(CCl)Nc1nnc(Cc2c(F)cccc2F)s1. The van der Waals surface area contributed by atoms with E-state index in [4.69, 9.17) is 11.6 Å². The van der Waals surface area contributed by atoms with Crippen LogP contribution in [0.4, 0.5) is 13.9 Å². The van der Waals surface area contributed by atoms with Gasteiger partial charge < -0.3 is 0 Å². The maximum atomic E-state index is 13.4. The van der Waals surface area contributed by atoms with Crippen molar-refractivity contribution in [2.24, 2.45) is 0 Å². The van der Waals surface area contributed by atoms with Crippen LogP contribution in [0.5, 0.6) is 0 Å². The summed E-state index contributed by atoms with van der Waals surface area (Å²) in [5.74, 6) is -1.89. The number of nitrogens with one attached hydrogen (secondary N) is 1. The van der Waals surface area contributed by atoms with Crippen molar-refractivity contribution in [2.45, 2.75) is 6.42 Å². The first-order chi connectivity index (χ1) is 9.10. The highest BCUT2D eigenvalue weighted by atomic mass is 35.5. The number of benzene rings is 1. The van der Waals surface area contributed by atoms with Crippen LogP contribution in [0.2, 0.25) is 0 Å². The molecule has 0 aliphatic heterocycles. The molecule has 1 aromatic heterocycles. The third-order valence-corrected chi connectivity index (χ3v) is 3.31. The highest BCUT2D eigenvalue weighted by Crippen LogP contribution is 2.21.